The van der Waals surface area contributed by atoms with Crippen molar-refractivity contribution in [1.29, 1.82) is 0 Å². The molecular formula is C12H15N3OS. The van der Waals surface area contributed by atoms with E-state index in [1.807, 2.05) is 32.3 Å². The van der Waals surface area contributed by atoms with Gasteiger partial charge in [-0.05, 0) is 30.7 Å². The van der Waals surface area contributed by atoms with Gasteiger partial charge in [0.2, 0.25) is 0 Å². The lowest BCUT2D eigenvalue weighted by Gasteiger charge is -2.04. The molecule has 17 heavy (non-hydrogen) atoms. The van der Waals surface area contributed by atoms with Crippen molar-refractivity contribution in [3.8, 4) is 0 Å². The van der Waals surface area contributed by atoms with Crippen LogP contribution in [0.1, 0.15) is 11.1 Å². The van der Waals surface area contributed by atoms with Crippen LogP contribution in [0.4, 0.5) is 5.69 Å². The SMILES string of the molecule is Cc1cc(S(=O)Cc2cnn(C)c2)ccc1N. The van der Waals surface area contributed by atoms with Crippen molar-refractivity contribution in [3.05, 3.63) is 41.7 Å². The Morgan fingerprint density at radius 2 is 2.24 bits per heavy atom. The molecule has 0 saturated carbocycles. The fourth-order valence-electron chi connectivity index (χ4n) is 1.57. The molecule has 4 nitrogen and oxygen atoms in total. The first-order valence-corrected chi connectivity index (χ1v) is 6.60. The lowest BCUT2D eigenvalue weighted by atomic mass is 10.2. The highest BCUT2D eigenvalue weighted by atomic mass is 32.2. The number of anilines is 1. The molecule has 0 aliphatic rings. The summed E-state index contributed by atoms with van der Waals surface area (Å²) >= 11 is 0. The van der Waals surface area contributed by atoms with Gasteiger partial charge in [0, 0.05) is 29.4 Å². The van der Waals surface area contributed by atoms with Gasteiger partial charge in [-0.1, -0.05) is 0 Å². The Bertz CT molecular complexity index is 563. The van der Waals surface area contributed by atoms with Crippen molar-refractivity contribution in [3.63, 3.8) is 0 Å². The second-order valence-corrected chi connectivity index (χ2v) is 5.48. The minimum Gasteiger partial charge on any atom is -0.399 e. The number of benzene rings is 1. The van der Waals surface area contributed by atoms with Crippen LogP contribution in [0.2, 0.25) is 0 Å². The number of nitrogens with two attached hydrogens (primary N) is 1. The van der Waals surface area contributed by atoms with Gasteiger partial charge in [0.05, 0.1) is 22.7 Å². The van der Waals surface area contributed by atoms with E-state index < -0.39 is 10.8 Å². The number of aryl methyl sites for hydroxylation is 2. The fraction of sp³-hybridized carbons (Fsp3) is 0.250. The molecule has 90 valence electrons. The van der Waals surface area contributed by atoms with Crippen LogP contribution in [0, 0.1) is 6.92 Å². The lowest BCUT2D eigenvalue weighted by Crippen LogP contribution is -1.98. The molecule has 5 heteroatoms. The normalized spacial score (nSPS) is 12.6. The van der Waals surface area contributed by atoms with Crippen molar-refractivity contribution in [2.45, 2.75) is 17.6 Å². The van der Waals surface area contributed by atoms with E-state index in [1.54, 1.807) is 16.9 Å². The van der Waals surface area contributed by atoms with Crippen molar-refractivity contribution >= 4 is 16.5 Å². The van der Waals surface area contributed by atoms with Crippen molar-refractivity contribution in [2.75, 3.05) is 5.73 Å². The molecule has 0 aliphatic heterocycles. The van der Waals surface area contributed by atoms with E-state index in [0.717, 1.165) is 21.7 Å². The Balaban J connectivity index is 2.17. The Morgan fingerprint density at radius 1 is 1.47 bits per heavy atom. The van der Waals surface area contributed by atoms with Crippen LogP contribution in [-0.4, -0.2) is 14.0 Å². The quantitative estimate of drug-likeness (QED) is 0.841. The van der Waals surface area contributed by atoms with Crippen LogP contribution in [0.25, 0.3) is 0 Å². The minimum atomic E-state index is -1.05. The Hall–Kier alpha value is -1.62. The topological polar surface area (TPSA) is 60.9 Å². The summed E-state index contributed by atoms with van der Waals surface area (Å²) in [5, 5.41) is 4.06. The van der Waals surface area contributed by atoms with Gasteiger partial charge in [-0.2, -0.15) is 5.10 Å². The van der Waals surface area contributed by atoms with Gasteiger partial charge in [-0.3, -0.25) is 8.89 Å². The number of nitrogen functional groups attached to an aromatic ring is 1. The molecule has 1 aromatic carbocycles. The van der Waals surface area contributed by atoms with E-state index >= 15 is 0 Å². The van der Waals surface area contributed by atoms with E-state index in [9.17, 15) is 4.21 Å². The van der Waals surface area contributed by atoms with Crippen LogP contribution < -0.4 is 5.73 Å². The Morgan fingerprint density at radius 3 is 2.82 bits per heavy atom. The first-order chi connectivity index (χ1) is 8.06. The summed E-state index contributed by atoms with van der Waals surface area (Å²) in [6.07, 6.45) is 3.62. The molecule has 0 saturated heterocycles. The van der Waals surface area contributed by atoms with E-state index in [-0.39, 0.29) is 0 Å². The molecule has 0 fully saturated rings. The molecule has 1 heterocycles. The third-order valence-electron chi connectivity index (χ3n) is 2.56. The Labute approximate surface area is 103 Å². The van der Waals surface area contributed by atoms with Gasteiger partial charge in [0.15, 0.2) is 0 Å². The number of nitrogens with zero attached hydrogens (tertiary/aromatic N) is 2. The second-order valence-electron chi connectivity index (χ2n) is 4.03. The molecule has 0 radical (unpaired) electrons. The van der Waals surface area contributed by atoms with Crippen molar-refractivity contribution < 1.29 is 4.21 Å². The van der Waals surface area contributed by atoms with Gasteiger partial charge < -0.3 is 5.73 Å². The van der Waals surface area contributed by atoms with Gasteiger partial charge in [-0.25, -0.2) is 0 Å². The maximum Gasteiger partial charge on any atom is 0.0575 e. The van der Waals surface area contributed by atoms with E-state index in [4.69, 9.17) is 5.73 Å². The highest BCUT2D eigenvalue weighted by Crippen LogP contribution is 2.17. The molecule has 2 N–H and O–H groups in total. The molecule has 1 atom stereocenters. The zero-order valence-electron chi connectivity index (χ0n) is 9.88. The van der Waals surface area contributed by atoms with Crippen molar-refractivity contribution in [2.24, 2.45) is 7.05 Å². The summed E-state index contributed by atoms with van der Waals surface area (Å²) in [5.74, 6) is 0.483. The molecule has 2 aromatic rings. The number of aromatic nitrogens is 2. The lowest BCUT2D eigenvalue weighted by molar-refractivity contribution is 0.682. The predicted molar refractivity (Wildman–Crippen MR) is 68.9 cm³/mol. The standard InChI is InChI=1S/C12H15N3OS/c1-9-5-11(3-4-12(9)13)17(16)8-10-6-14-15(2)7-10/h3-7H,8,13H2,1-2H3. The fourth-order valence-corrected chi connectivity index (χ4v) is 2.72. The van der Waals surface area contributed by atoms with Crippen LogP contribution in [0.15, 0.2) is 35.5 Å². The maximum atomic E-state index is 12.1. The highest BCUT2D eigenvalue weighted by Gasteiger charge is 2.07. The van der Waals surface area contributed by atoms with Gasteiger partial charge in [-0.15, -0.1) is 0 Å². The van der Waals surface area contributed by atoms with Crippen LogP contribution in [-0.2, 0) is 23.6 Å². The molecule has 0 bridgehead atoms. The smallest absolute Gasteiger partial charge is 0.0575 e. The van der Waals surface area contributed by atoms with E-state index in [0.29, 0.717) is 5.75 Å². The van der Waals surface area contributed by atoms with Gasteiger partial charge in [0.25, 0.3) is 0 Å². The summed E-state index contributed by atoms with van der Waals surface area (Å²) < 4.78 is 13.8. The highest BCUT2D eigenvalue weighted by molar-refractivity contribution is 7.84. The summed E-state index contributed by atoms with van der Waals surface area (Å²) in [7, 11) is 0.799. The van der Waals surface area contributed by atoms with Gasteiger partial charge >= 0.3 is 0 Å². The van der Waals surface area contributed by atoms with Crippen molar-refractivity contribution in [1.82, 2.24) is 9.78 Å². The third kappa shape index (κ3) is 2.74. The summed E-state index contributed by atoms with van der Waals surface area (Å²) in [4.78, 5) is 0.806. The minimum absolute atomic E-state index is 0.483. The molecule has 0 spiro atoms. The van der Waals surface area contributed by atoms with Crippen LogP contribution >= 0.6 is 0 Å². The second kappa shape index (κ2) is 4.71. The number of hydrogen-bond acceptors (Lipinski definition) is 3. The molecule has 1 aromatic heterocycles. The molecular weight excluding hydrogens is 234 g/mol. The average Bonchev–Trinajstić information content (AvgIpc) is 2.68. The molecule has 1 unspecified atom stereocenters. The monoisotopic (exact) mass is 249 g/mol. The molecule has 0 aliphatic carbocycles. The third-order valence-corrected chi connectivity index (χ3v) is 3.94. The summed E-state index contributed by atoms with van der Waals surface area (Å²) in [6.45, 7) is 1.92. The van der Waals surface area contributed by atoms with E-state index in [2.05, 4.69) is 5.10 Å². The van der Waals surface area contributed by atoms with E-state index in [1.165, 1.54) is 0 Å². The maximum absolute atomic E-state index is 12.1. The zero-order valence-corrected chi connectivity index (χ0v) is 10.7. The summed E-state index contributed by atoms with van der Waals surface area (Å²) in [6, 6.07) is 5.49. The number of rotatable bonds is 3. The molecule has 0 amide bonds. The predicted octanol–water partition coefficient (Wildman–Crippen LogP) is 1.62. The number of hydrogen-bond donors (Lipinski definition) is 1. The first kappa shape index (κ1) is 11.9. The average molecular weight is 249 g/mol. The summed E-state index contributed by atoms with van der Waals surface area (Å²) in [5.41, 5.74) is 8.39. The first-order valence-electron chi connectivity index (χ1n) is 5.28. The van der Waals surface area contributed by atoms with Gasteiger partial charge in [0.1, 0.15) is 0 Å². The van der Waals surface area contributed by atoms with Crippen LogP contribution in [0.3, 0.4) is 0 Å². The largest absolute Gasteiger partial charge is 0.399 e. The van der Waals surface area contributed by atoms with Crippen LogP contribution in [0.5, 0.6) is 0 Å². The molecule has 2 rings (SSSR count). The zero-order chi connectivity index (χ0) is 12.4. The Kier molecular flexibility index (Phi) is 3.28.